The number of carbonyl (C=O) groups excluding carboxylic acids is 1. The van der Waals surface area contributed by atoms with Gasteiger partial charge >= 0.3 is 5.97 Å². The third-order valence-electron chi connectivity index (χ3n) is 4.40. The molecule has 0 aliphatic rings. The lowest BCUT2D eigenvalue weighted by Gasteiger charge is -2.38. The van der Waals surface area contributed by atoms with Gasteiger partial charge in [-0.1, -0.05) is 47.6 Å². The van der Waals surface area contributed by atoms with Crippen LogP contribution in [0.5, 0.6) is 0 Å². The fourth-order valence-corrected chi connectivity index (χ4v) is 1.89. The lowest BCUT2D eigenvalue weighted by molar-refractivity contribution is -0.151. The number of carbonyl (C=O) groups is 1. The second kappa shape index (κ2) is 6.96. The molecule has 0 heterocycles. The smallest absolute Gasteiger partial charge is 0.333 e. The van der Waals surface area contributed by atoms with E-state index in [0.29, 0.717) is 17.4 Å². The van der Waals surface area contributed by atoms with Crippen molar-refractivity contribution in [3.63, 3.8) is 0 Å². The normalized spacial score (nSPS) is 16.8. The van der Waals surface area contributed by atoms with Gasteiger partial charge in [-0.15, -0.1) is 0 Å². The summed E-state index contributed by atoms with van der Waals surface area (Å²) in [6.07, 6.45) is 2.26. The Bertz CT molecular complexity index is 291. The third kappa shape index (κ3) is 4.83. The predicted molar refractivity (Wildman–Crippen MR) is 77.4 cm³/mol. The first-order valence-corrected chi connectivity index (χ1v) is 6.99. The maximum absolute atomic E-state index is 11.6. The van der Waals surface area contributed by atoms with E-state index in [4.69, 9.17) is 4.74 Å². The number of rotatable bonds is 7. The maximum Gasteiger partial charge on any atom is 0.333 e. The van der Waals surface area contributed by atoms with Gasteiger partial charge < -0.3 is 4.74 Å². The Morgan fingerprint density at radius 1 is 1.28 bits per heavy atom. The van der Waals surface area contributed by atoms with Gasteiger partial charge in [0, 0.05) is 11.0 Å². The number of hydrogen-bond acceptors (Lipinski definition) is 2. The second-order valence-corrected chi connectivity index (χ2v) is 6.30. The van der Waals surface area contributed by atoms with Crippen LogP contribution in [-0.4, -0.2) is 12.1 Å². The summed E-state index contributed by atoms with van der Waals surface area (Å²) in [5.74, 6) is 0.940. The zero-order valence-corrected chi connectivity index (χ0v) is 13.2. The summed E-state index contributed by atoms with van der Waals surface area (Å²) >= 11 is 0. The van der Waals surface area contributed by atoms with Crippen LogP contribution in [0.4, 0.5) is 0 Å². The van der Waals surface area contributed by atoms with Crippen molar-refractivity contribution in [2.24, 2.45) is 17.3 Å². The molecule has 0 bridgehead atoms. The number of esters is 1. The number of ether oxygens (including phenoxy) is 1. The Morgan fingerprint density at radius 3 is 2.17 bits per heavy atom. The summed E-state index contributed by atoms with van der Waals surface area (Å²) < 4.78 is 5.47. The van der Waals surface area contributed by atoms with E-state index in [2.05, 4.69) is 41.2 Å². The topological polar surface area (TPSA) is 26.3 Å². The molecule has 0 aliphatic heterocycles. The zero-order chi connectivity index (χ0) is 14.5. The average molecular weight is 254 g/mol. The number of hydrogen-bond donors (Lipinski definition) is 0. The summed E-state index contributed by atoms with van der Waals surface area (Å²) in [5.41, 5.74) is 0.446. The molecule has 0 saturated heterocycles. The molecule has 0 aromatic heterocycles. The van der Waals surface area contributed by atoms with Crippen LogP contribution in [0.3, 0.4) is 0 Å². The Balaban J connectivity index is 4.59. The molecule has 0 N–H and O–H groups in total. The average Bonchev–Trinajstić information content (AvgIpc) is 2.28. The highest BCUT2D eigenvalue weighted by molar-refractivity contribution is 5.87. The van der Waals surface area contributed by atoms with Crippen LogP contribution in [0.1, 0.15) is 61.3 Å². The van der Waals surface area contributed by atoms with E-state index in [0.717, 1.165) is 0 Å². The van der Waals surface area contributed by atoms with Crippen molar-refractivity contribution in [1.29, 1.82) is 0 Å². The second-order valence-electron chi connectivity index (χ2n) is 6.30. The molecule has 0 radical (unpaired) electrons. The minimum atomic E-state index is -0.286. The van der Waals surface area contributed by atoms with Crippen LogP contribution in [0.25, 0.3) is 0 Å². The Labute approximate surface area is 113 Å². The van der Waals surface area contributed by atoms with E-state index in [1.54, 1.807) is 6.92 Å². The van der Waals surface area contributed by atoms with Crippen molar-refractivity contribution in [1.82, 2.24) is 0 Å². The van der Waals surface area contributed by atoms with E-state index in [1.807, 2.05) is 6.92 Å². The Kier molecular flexibility index (Phi) is 6.66. The first kappa shape index (κ1) is 17.2. The van der Waals surface area contributed by atoms with Crippen molar-refractivity contribution in [2.75, 3.05) is 0 Å². The lowest BCUT2D eigenvalue weighted by Crippen LogP contribution is -2.37. The molecular weight excluding hydrogens is 224 g/mol. The van der Waals surface area contributed by atoms with E-state index >= 15 is 0 Å². The molecule has 2 nitrogen and oxygen atoms in total. The SMILES string of the molecule is C=C(C)C(=O)OC(C)C(C)(C)C(C)CC(C)CC. The van der Waals surface area contributed by atoms with E-state index < -0.39 is 0 Å². The summed E-state index contributed by atoms with van der Waals surface area (Å²) in [4.78, 5) is 11.6. The van der Waals surface area contributed by atoms with E-state index in [1.165, 1.54) is 12.8 Å². The largest absolute Gasteiger partial charge is 0.459 e. The van der Waals surface area contributed by atoms with Gasteiger partial charge in [0.1, 0.15) is 6.10 Å². The van der Waals surface area contributed by atoms with Crippen molar-refractivity contribution in [3.8, 4) is 0 Å². The molecule has 0 aromatic rings. The van der Waals surface area contributed by atoms with Gasteiger partial charge in [-0.3, -0.25) is 0 Å². The molecule has 18 heavy (non-hydrogen) atoms. The van der Waals surface area contributed by atoms with Crippen LogP contribution in [0.2, 0.25) is 0 Å². The van der Waals surface area contributed by atoms with Crippen LogP contribution >= 0.6 is 0 Å². The van der Waals surface area contributed by atoms with Gasteiger partial charge in [0.05, 0.1) is 0 Å². The highest BCUT2D eigenvalue weighted by Crippen LogP contribution is 2.37. The van der Waals surface area contributed by atoms with Crippen molar-refractivity contribution >= 4 is 5.97 Å². The van der Waals surface area contributed by atoms with Gasteiger partial charge in [0.15, 0.2) is 0 Å². The maximum atomic E-state index is 11.6. The molecule has 0 aliphatic carbocycles. The third-order valence-corrected chi connectivity index (χ3v) is 4.40. The van der Waals surface area contributed by atoms with Gasteiger partial charge in [0.25, 0.3) is 0 Å². The monoisotopic (exact) mass is 254 g/mol. The molecule has 3 unspecified atom stereocenters. The summed E-state index contributed by atoms with van der Waals surface area (Å²) in [5, 5.41) is 0. The first-order chi connectivity index (χ1) is 8.12. The molecule has 3 atom stereocenters. The molecule has 0 amide bonds. The van der Waals surface area contributed by atoms with Crippen LogP contribution in [0.15, 0.2) is 12.2 Å². The van der Waals surface area contributed by atoms with Crippen molar-refractivity contribution < 1.29 is 9.53 Å². The summed E-state index contributed by atoms with van der Waals surface area (Å²) in [6, 6.07) is 0. The molecule has 106 valence electrons. The van der Waals surface area contributed by atoms with Gasteiger partial charge in [-0.25, -0.2) is 4.79 Å². The van der Waals surface area contributed by atoms with Crippen molar-refractivity contribution in [2.45, 2.75) is 67.4 Å². The standard InChI is InChI=1S/C16H30O2/c1-9-12(4)10-13(5)16(7,8)14(6)18-15(17)11(2)3/h12-14H,2,9-10H2,1,3-8H3. The van der Waals surface area contributed by atoms with Crippen LogP contribution < -0.4 is 0 Å². The fraction of sp³-hybridized carbons (Fsp3) is 0.812. The zero-order valence-electron chi connectivity index (χ0n) is 13.2. The lowest BCUT2D eigenvalue weighted by atomic mass is 9.72. The van der Waals surface area contributed by atoms with E-state index in [9.17, 15) is 4.79 Å². The Hall–Kier alpha value is -0.790. The van der Waals surface area contributed by atoms with E-state index in [-0.39, 0.29) is 17.5 Å². The quantitative estimate of drug-likeness (QED) is 0.490. The molecule has 0 fully saturated rings. The first-order valence-electron chi connectivity index (χ1n) is 6.99. The van der Waals surface area contributed by atoms with Gasteiger partial charge in [-0.05, 0) is 32.1 Å². The summed E-state index contributed by atoms with van der Waals surface area (Å²) in [7, 11) is 0. The van der Waals surface area contributed by atoms with Gasteiger partial charge in [0.2, 0.25) is 0 Å². The molecule has 2 heteroatoms. The molecule has 0 spiro atoms. The van der Waals surface area contributed by atoms with Crippen LogP contribution in [0, 0.1) is 17.3 Å². The predicted octanol–water partition coefficient (Wildman–Crippen LogP) is 4.59. The minimum Gasteiger partial charge on any atom is -0.459 e. The van der Waals surface area contributed by atoms with Crippen molar-refractivity contribution in [3.05, 3.63) is 12.2 Å². The van der Waals surface area contributed by atoms with Gasteiger partial charge in [-0.2, -0.15) is 0 Å². The van der Waals surface area contributed by atoms with Crippen LogP contribution in [-0.2, 0) is 9.53 Å². The minimum absolute atomic E-state index is 0.0193. The highest BCUT2D eigenvalue weighted by atomic mass is 16.5. The fourth-order valence-electron chi connectivity index (χ4n) is 1.89. The molecule has 0 rings (SSSR count). The highest BCUT2D eigenvalue weighted by Gasteiger charge is 2.35. The Morgan fingerprint density at radius 2 is 1.78 bits per heavy atom. The summed E-state index contributed by atoms with van der Waals surface area (Å²) in [6.45, 7) is 18.4. The molecule has 0 saturated carbocycles. The molecular formula is C16H30O2. The molecule has 0 aromatic carbocycles.